The number of rotatable bonds is 2. The van der Waals surface area contributed by atoms with Crippen LogP contribution in [0.1, 0.15) is 42.7 Å². The molecule has 0 spiro atoms. The molecule has 2 rings (SSSR count). The third-order valence-corrected chi connectivity index (χ3v) is 3.69. The lowest BCUT2D eigenvalue weighted by atomic mass is 9.78. The molecule has 0 heterocycles. The maximum absolute atomic E-state index is 13.5. The van der Waals surface area contributed by atoms with Crippen LogP contribution >= 0.6 is 0 Å². The molecule has 17 heavy (non-hydrogen) atoms. The Labute approximate surface area is 102 Å². The Bertz CT molecular complexity index is 450. The van der Waals surface area contributed by atoms with Gasteiger partial charge in [-0.15, -0.1) is 6.58 Å². The Hall–Kier alpha value is -1.62. The van der Waals surface area contributed by atoms with Crippen LogP contribution in [0.5, 0.6) is 0 Å². The second-order valence-electron chi connectivity index (χ2n) is 4.70. The summed E-state index contributed by atoms with van der Waals surface area (Å²) in [7, 11) is 0. The number of nitrogens with zero attached hydrogens (tertiary/aromatic N) is 1. The van der Waals surface area contributed by atoms with E-state index in [1.54, 1.807) is 6.07 Å². The smallest absolute Gasteiger partial charge is 0.141 e. The topological polar surface area (TPSA) is 23.8 Å². The van der Waals surface area contributed by atoms with Gasteiger partial charge in [0, 0.05) is 0 Å². The van der Waals surface area contributed by atoms with E-state index >= 15 is 0 Å². The average molecular weight is 229 g/mol. The molecule has 0 unspecified atom stereocenters. The second-order valence-corrected chi connectivity index (χ2v) is 4.70. The maximum Gasteiger partial charge on any atom is 0.141 e. The Morgan fingerprint density at radius 2 is 2.00 bits per heavy atom. The van der Waals surface area contributed by atoms with Crippen molar-refractivity contribution in [2.75, 3.05) is 0 Å². The first kappa shape index (κ1) is 11.9. The Morgan fingerprint density at radius 1 is 1.29 bits per heavy atom. The predicted molar refractivity (Wildman–Crippen MR) is 66.0 cm³/mol. The number of allylic oxidation sites excluding steroid dienone is 1. The van der Waals surface area contributed by atoms with Gasteiger partial charge < -0.3 is 0 Å². The van der Waals surface area contributed by atoms with Gasteiger partial charge in [0.1, 0.15) is 11.9 Å². The number of halogens is 1. The van der Waals surface area contributed by atoms with Crippen molar-refractivity contribution in [3.63, 3.8) is 0 Å². The lowest BCUT2D eigenvalue weighted by Gasteiger charge is -2.26. The minimum absolute atomic E-state index is 0.133. The quantitative estimate of drug-likeness (QED) is 0.699. The van der Waals surface area contributed by atoms with Crippen LogP contribution in [0.4, 0.5) is 4.39 Å². The van der Waals surface area contributed by atoms with E-state index in [2.05, 4.69) is 6.58 Å². The molecule has 0 radical (unpaired) electrons. The molecule has 0 aliphatic heterocycles. The standard InChI is InChI=1S/C15H16FN/c1-2-11-3-5-12(6-4-11)13-7-8-14(10-17)15(16)9-13/h2,7-9,11-12H,1,3-6H2. The fourth-order valence-corrected chi connectivity index (χ4v) is 2.56. The summed E-state index contributed by atoms with van der Waals surface area (Å²) in [5.41, 5.74) is 1.16. The van der Waals surface area contributed by atoms with Gasteiger partial charge in [-0.2, -0.15) is 5.26 Å². The van der Waals surface area contributed by atoms with Crippen LogP contribution in [0, 0.1) is 23.1 Å². The van der Waals surface area contributed by atoms with Crippen molar-refractivity contribution in [2.24, 2.45) is 5.92 Å². The average Bonchev–Trinajstić information content (AvgIpc) is 2.39. The Kier molecular flexibility index (Phi) is 3.58. The molecule has 1 fully saturated rings. The van der Waals surface area contributed by atoms with Crippen LogP contribution in [0.3, 0.4) is 0 Å². The van der Waals surface area contributed by atoms with Gasteiger partial charge in [-0.3, -0.25) is 0 Å². The molecule has 0 aromatic heterocycles. The zero-order valence-electron chi connectivity index (χ0n) is 9.82. The highest BCUT2D eigenvalue weighted by Gasteiger charge is 2.21. The number of nitriles is 1. The van der Waals surface area contributed by atoms with E-state index in [-0.39, 0.29) is 5.56 Å². The third kappa shape index (κ3) is 2.55. The van der Waals surface area contributed by atoms with Gasteiger partial charge in [-0.25, -0.2) is 4.39 Å². The van der Waals surface area contributed by atoms with Gasteiger partial charge in [0.2, 0.25) is 0 Å². The van der Waals surface area contributed by atoms with E-state index in [4.69, 9.17) is 5.26 Å². The van der Waals surface area contributed by atoms with E-state index < -0.39 is 5.82 Å². The van der Waals surface area contributed by atoms with Crippen LogP contribution in [-0.4, -0.2) is 0 Å². The molecular weight excluding hydrogens is 213 g/mol. The highest BCUT2D eigenvalue weighted by atomic mass is 19.1. The fraction of sp³-hybridized carbons (Fsp3) is 0.400. The van der Waals surface area contributed by atoms with Gasteiger partial charge in [0.15, 0.2) is 0 Å². The largest absolute Gasteiger partial charge is 0.206 e. The summed E-state index contributed by atoms with van der Waals surface area (Å²) in [6.07, 6.45) is 6.46. The van der Waals surface area contributed by atoms with Crippen molar-refractivity contribution in [1.82, 2.24) is 0 Å². The van der Waals surface area contributed by atoms with Crippen molar-refractivity contribution in [3.8, 4) is 6.07 Å². The van der Waals surface area contributed by atoms with Crippen molar-refractivity contribution < 1.29 is 4.39 Å². The second kappa shape index (κ2) is 5.14. The summed E-state index contributed by atoms with van der Waals surface area (Å²) >= 11 is 0. The molecule has 0 saturated heterocycles. The summed E-state index contributed by atoms with van der Waals surface area (Å²) in [5, 5.41) is 8.69. The lowest BCUT2D eigenvalue weighted by molar-refractivity contribution is 0.375. The molecule has 1 aromatic carbocycles. The molecular formula is C15H16FN. The van der Waals surface area contributed by atoms with Gasteiger partial charge >= 0.3 is 0 Å². The van der Waals surface area contributed by atoms with Crippen molar-refractivity contribution >= 4 is 0 Å². The molecule has 1 nitrogen and oxygen atoms in total. The van der Waals surface area contributed by atoms with E-state index in [1.807, 2.05) is 18.2 Å². The maximum atomic E-state index is 13.5. The minimum Gasteiger partial charge on any atom is -0.206 e. The van der Waals surface area contributed by atoms with Crippen molar-refractivity contribution in [2.45, 2.75) is 31.6 Å². The molecule has 1 aromatic rings. The highest BCUT2D eigenvalue weighted by molar-refractivity contribution is 5.34. The Balaban J connectivity index is 2.11. The van der Waals surface area contributed by atoms with Crippen LogP contribution in [0.2, 0.25) is 0 Å². The summed E-state index contributed by atoms with van der Waals surface area (Å²) < 4.78 is 13.5. The predicted octanol–water partition coefficient (Wildman–Crippen LogP) is 4.16. The molecule has 88 valence electrons. The van der Waals surface area contributed by atoms with Gasteiger partial charge in [0.25, 0.3) is 0 Å². The summed E-state index contributed by atoms with van der Waals surface area (Å²) in [6, 6.07) is 6.86. The molecule has 0 amide bonds. The lowest BCUT2D eigenvalue weighted by Crippen LogP contribution is -2.11. The first-order valence-electron chi connectivity index (χ1n) is 6.06. The Morgan fingerprint density at radius 3 is 2.53 bits per heavy atom. The highest BCUT2D eigenvalue weighted by Crippen LogP contribution is 2.36. The molecule has 2 heteroatoms. The number of benzene rings is 1. The normalized spacial score (nSPS) is 24.0. The number of hydrogen-bond acceptors (Lipinski definition) is 1. The first-order chi connectivity index (χ1) is 8.24. The summed E-state index contributed by atoms with van der Waals surface area (Å²) in [6.45, 7) is 3.82. The van der Waals surface area contributed by atoms with Gasteiger partial charge in [-0.1, -0.05) is 12.1 Å². The zero-order chi connectivity index (χ0) is 12.3. The molecule has 0 N–H and O–H groups in total. The van der Waals surface area contributed by atoms with Crippen LogP contribution in [-0.2, 0) is 0 Å². The zero-order valence-corrected chi connectivity index (χ0v) is 9.82. The van der Waals surface area contributed by atoms with E-state index in [9.17, 15) is 4.39 Å². The SMILES string of the molecule is C=CC1CCC(c2ccc(C#N)c(F)c2)CC1. The van der Waals surface area contributed by atoms with E-state index in [0.29, 0.717) is 11.8 Å². The first-order valence-corrected chi connectivity index (χ1v) is 6.06. The van der Waals surface area contributed by atoms with E-state index in [1.165, 1.54) is 6.07 Å². The molecule has 0 bridgehead atoms. The van der Waals surface area contributed by atoms with Crippen molar-refractivity contribution in [1.29, 1.82) is 5.26 Å². The van der Waals surface area contributed by atoms with Crippen LogP contribution in [0.15, 0.2) is 30.9 Å². The monoisotopic (exact) mass is 229 g/mol. The number of hydrogen-bond donors (Lipinski definition) is 0. The van der Waals surface area contributed by atoms with E-state index in [0.717, 1.165) is 31.2 Å². The molecule has 1 saturated carbocycles. The third-order valence-electron chi connectivity index (χ3n) is 3.69. The minimum atomic E-state index is -0.393. The van der Waals surface area contributed by atoms with Gasteiger partial charge in [0.05, 0.1) is 5.56 Å². The van der Waals surface area contributed by atoms with Crippen LogP contribution in [0.25, 0.3) is 0 Å². The van der Waals surface area contributed by atoms with Crippen molar-refractivity contribution in [3.05, 3.63) is 47.8 Å². The molecule has 1 aliphatic carbocycles. The molecule has 1 aliphatic rings. The van der Waals surface area contributed by atoms with Gasteiger partial charge in [-0.05, 0) is 55.2 Å². The van der Waals surface area contributed by atoms with Crippen LogP contribution < -0.4 is 0 Å². The molecule has 0 atom stereocenters. The fourth-order valence-electron chi connectivity index (χ4n) is 2.56. The summed E-state index contributed by atoms with van der Waals surface area (Å²) in [4.78, 5) is 0. The summed E-state index contributed by atoms with van der Waals surface area (Å²) in [5.74, 6) is 0.666.